The molecule has 1 N–H and O–H groups in total. The van der Waals surface area contributed by atoms with E-state index in [-0.39, 0.29) is 5.43 Å². The number of aryl methyl sites for hydroxylation is 1. The predicted octanol–water partition coefficient (Wildman–Crippen LogP) is 6.34. The number of aliphatic hydroxyl groups excluding tert-OH is 1. The van der Waals surface area contributed by atoms with E-state index in [1.807, 2.05) is 54.1 Å². The lowest BCUT2D eigenvalue weighted by molar-refractivity contribution is -0.171. The van der Waals surface area contributed by atoms with E-state index in [4.69, 9.17) is 25.8 Å². The molecule has 0 radical (unpaired) electrons. The molecule has 0 amide bonds. The smallest absolute Gasteiger partial charge is 0.331 e. The van der Waals surface area contributed by atoms with Gasteiger partial charge >= 0.3 is 5.97 Å². The van der Waals surface area contributed by atoms with E-state index in [1.54, 1.807) is 44.2 Å². The molecule has 7 nitrogen and oxygen atoms in total. The maximum absolute atomic E-state index is 14.0. The van der Waals surface area contributed by atoms with Crippen LogP contribution in [-0.4, -0.2) is 34.5 Å². The number of halogens is 1. The molecule has 0 bridgehead atoms. The Balaban J connectivity index is 1.51. The van der Waals surface area contributed by atoms with Crippen LogP contribution in [0.2, 0.25) is 5.02 Å². The minimum Gasteiger partial charge on any atom is -0.496 e. The summed E-state index contributed by atoms with van der Waals surface area (Å²) in [6, 6.07) is 20.3. The molecule has 1 aliphatic rings. The summed E-state index contributed by atoms with van der Waals surface area (Å²) in [5.74, 6) is 0.0267. The van der Waals surface area contributed by atoms with E-state index in [0.717, 1.165) is 16.3 Å². The summed E-state index contributed by atoms with van der Waals surface area (Å²) < 4.78 is 19.7. The lowest BCUT2D eigenvalue weighted by atomic mass is 9.86. The van der Waals surface area contributed by atoms with Crippen molar-refractivity contribution in [3.63, 3.8) is 0 Å². The van der Waals surface area contributed by atoms with Crippen molar-refractivity contribution in [1.29, 1.82) is 0 Å². The van der Waals surface area contributed by atoms with Gasteiger partial charge in [-0.05, 0) is 60.5 Å². The van der Waals surface area contributed by atoms with Gasteiger partial charge in [-0.1, -0.05) is 48.0 Å². The zero-order valence-electron chi connectivity index (χ0n) is 23.0. The Morgan fingerprint density at radius 1 is 1.07 bits per heavy atom. The van der Waals surface area contributed by atoms with Gasteiger partial charge in [-0.25, -0.2) is 4.79 Å². The van der Waals surface area contributed by atoms with Crippen LogP contribution in [0.1, 0.15) is 31.1 Å². The van der Waals surface area contributed by atoms with E-state index in [1.165, 1.54) is 13.2 Å². The van der Waals surface area contributed by atoms with Crippen LogP contribution in [0, 0.1) is 0 Å². The normalized spacial score (nSPS) is 18.0. The highest BCUT2D eigenvalue weighted by Gasteiger charge is 2.47. The number of rotatable bonds is 4. The number of carbonyl (C=O) groups excluding carboxylic acids is 1. The Kier molecular flexibility index (Phi) is 6.52. The summed E-state index contributed by atoms with van der Waals surface area (Å²) in [6.07, 6.45) is 0.496. The van der Waals surface area contributed by atoms with Gasteiger partial charge in [0.05, 0.1) is 29.1 Å². The molecule has 2 heterocycles. The zero-order chi connectivity index (χ0) is 29.1. The van der Waals surface area contributed by atoms with Crippen molar-refractivity contribution in [2.75, 3.05) is 7.11 Å². The standard InChI is InChI=1S/C33H28ClNO6/c1-33(2)32(40-26(36)13-12-18-8-7-11-21(34)14-18)31(38)28-25(41-33)17-24(39-4)27-29(28)35(3)23-16-20-10-6-5-9-19(20)15-22(23)30(27)37/h5-17,31-32,38H,1-4H3/t31-,32-/m0/s1. The summed E-state index contributed by atoms with van der Waals surface area (Å²) in [5, 5.41) is 15.1. The van der Waals surface area contributed by atoms with Crippen molar-refractivity contribution in [3.8, 4) is 11.5 Å². The van der Waals surface area contributed by atoms with Crippen LogP contribution in [0.5, 0.6) is 11.5 Å². The number of esters is 1. The number of carbonyl (C=O) groups is 1. The molecule has 6 rings (SSSR count). The van der Waals surface area contributed by atoms with Gasteiger partial charge in [-0.2, -0.15) is 0 Å². The second kappa shape index (κ2) is 9.94. The van der Waals surface area contributed by atoms with Gasteiger partial charge in [0.15, 0.2) is 6.10 Å². The lowest BCUT2D eigenvalue weighted by Gasteiger charge is -2.42. The maximum atomic E-state index is 14.0. The number of pyridine rings is 1. The Morgan fingerprint density at radius 2 is 1.80 bits per heavy atom. The second-order valence-corrected chi connectivity index (χ2v) is 11.2. The third-order valence-electron chi connectivity index (χ3n) is 7.66. The van der Waals surface area contributed by atoms with Crippen molar-refractivity contribution >= 4 is 56.2 Å². The SMILES string of the molecule is COc1cc2c(c3c1c(=O)c1cc4ccccc4cc1n3C)[C@H](O)[C@H](OC(=O)C=Cc1cccc(Cl)c1)C(C)(C)O2. The fraction of sp³-hybridized carbons (Fsp3) is 0.212. The van der Waals surface area contributed by atoms with Gasteiger partial charge in [0.1, 0.15) is 23.2 Å². The quantitative estimate of drug-likeness (QED) is 0.154. The minimum atomic E-state index is -1.30. The molecule has 0 fully saturated rings. The Labute approximate surface area is 241 Å². The number of hydrogen-bond donors (Lipinski definition) is 1. The molecule has 0 saturated carbocycles. The average molecular weight is 570 g/mol. The predicted molar refractivity (Wildman–Crippen MR) is 161 cm³/mol. The first-order chi connectivity index (χ1) is 19.6. The molecule has 8 heteroatoms. The molecule has 1 aromatic heterocycles. The number of benzene rings is 4. The third kappa shape index (κ3) is 4.51. The van der Waals surface area contributed by atoms with E-state index < -0.39 is 23.8 Å². The van der Waals surface area contributed by atoms with Gasteiger partial charge in [0, 0.05) is 29.6 Å². The molecular weight excluding hydrogens is 542 g/mol. The number of aliphatic hydroxyl groups is 1. The maximum Gasteiger partial charge on any atom is 0.331 e. The average Bonchev–Trinajstić information content (AvgIpc) is 2.95. The highest BCUT2D eigenvalue weighted by molar-refractivity contribution is 6.30. The Morgan fingerprint density at radius 3 is 2.51 bits per heavy atom. The van der Waals surface area contributed by atoms with Crippen LogP contribution in [0.4, 0.5) is 0 Å². The Bertz CT molecular complexity index is 1960. The van der Waals surface area contributed by atoms with Crippen LogP contribution in [0.3, 0.4) is 0 Å². The van der Waals surface area contributed by atoms with Gasteiger partial charge in [-0.3, -0.25) is 4.79 Å². The lowest BCUT2D eigenvalue weighted by Crippen LogP contribution is -2.51. The summed E-state index contributed by atoms with van der Waals surface area (Å²) in [6.45, 7) is 3.47. The first kappa shape index (κ1) is 26.9. The van der Waals surface area contributed by atoms with E-state index in [9.17, 15) is 14.7 Å². The molecule has 208 valence electrons. The van der Waals surface area contributed by atoms with Crippen molar-refractivity contribution in [2.45, 2.75) is 31.7 Å². The van der Waals surface area contributed by atoms with Crippen molar-refractivity contribution in [1.82, 2.24) is 4.57 Å². The summed E-state index contributed by atoms with van der Waals surface area (Å²) in [5.41, 5.74) is 0.889. The fourth-order valence-corrected chi connectivity index (χ4v) is 5.90. The van der Waals surface area contributed by atoms with E-state index >= 15 is 0 Å². The number of fused-ring (bicyclic) bond motifs is 5. The van der Waals surface area contributed by atoms with E-state index in [0.29, 0.717) is 43.9 Å². The van der Waals surface area contributed by atoms with Crippen LogP contribution < -0.4 is 14.9 Å². The van der Waals surface area contributed by atoms with Crippen LogP contribution >= 0.6 is 11.6 Å². The van der Waals surface area contributed by atoms with Gasteiger partial charge in [0.25, 0.3) is 0 Å². The third-order valence-corrected chi connectivity index (χ3v) is 7.90. The molecule has 0 saturated heterocycles. The minimum absolute atomic E-state index is 0.228. The molecule has 0 spiro atoms. The van der Waals surface area contributed by atoms with Crippen molar-refractivity contribution in [3.05, 3.63) is 99.2 Å². The van der Waals surface area contributed by atoms with Crippen molar-refractivity contribution in [2.24, 2.45) is 7.05 Å². The molecule has 2 atom stereocenters. The summed E-state index contributed by atoms with van der Waals surface area (Å²) >= 11 is 6.05. The summed E-state index contributed by atoms with van der Waals surface area (Å²) in [4.78, 5) is 26.9. The topological polar surface area (TPSA) is 87.0 Å². The fourth-order valence-electron chi connectivity index (χ4n) is 5.70. The molecular formula is C33H28ClNO6. The monoisotopic (exact) mass is 569 g/mol. The van der Waals surface area contributed by atoms with E-state index in [2.05, 4.69) is 0 Å². The second-order valence-electron chi connectivity index (χ2n) is 10.7. The first-order valence-electron chi connectivity index (χ1n) is 13.2. The molecule has 1 aliphatic heterocycles. The molecule has 0 aliphatic carbocycles. The highest BCUT2D eigenvalue weighted by Crippen LogP contribution is 2.47. The highest BCUT2D eigenvalue weighted by atomic mass is 35.5. The van der Waals surface area contributed by atoms with Crippen molar-refractivity contribution < 1.29 is 24.1 Å². The molecule has 4 aromatic carbocycles. The number of aromatic nitrogens is 1. The van der Waals surface area contributed by atoms with Gasteiger partial charge in [-0.15, -0.1) is 0 Å². The number of nitrogens with zero attached hydrogens (tertiary/aromatic N) is 1. The summed E-state index contributed by atoms with van der Waals surface area (Å²) in [7, 11) is 3.33. The molecule has 41 heavy (non-hydrogen) atoms. The van der Waals surface area contributed by atoms with Crippen LogP contribution in [-0.2, 0) is 16.6 Å². The van der Waals surface area contributed by atoms with Gasteiger partial charge in [0.2, 0.25) is 5.43 Å². The van der Waals surface area contributed by atoms with Gasteiger partial charge < -0.3 is 23.9 Å². The Hall–Kier alpha value is -4.33. The largest absolute Gasteiger partial charge is 0.496 e. The zero-order valence-corrected chi connectivity index (χ0v) is 23.7. The molecule has 5 aromatic rings. The molecule has 0 unspecified atom stereocenters. The number of methoxy groups -OCH3 is 1. The number of ether oxygens (including phenoxy) is 3. The number of hydrogen-bond acceptors (Lipinski definition) is 6. The van der Waals surface area contributed by atoms with Crippen LogP contribution in [0.15, 0.2) is 77.6 Å². The first-order valence-corrected chi connectivity index (χ1v) is 13.5. The van der Waals surface area contributed by atoms with Crippen LogP contribution in [0.25, 0.3) is 38.7 Å².